The molecule has 0 aliphatic carbocycles. The highest BCUT2D eigenvalue weighted by molar-refractivity contribution is 5.93. The summed E-state index contributed by atoms with van der Waals surface area (Å²) in [6.45, 7) is 2.28. The van der Waals surface area contributed by atoms with Gasteiger partial charge in [-0.15, -0.1) is 5.10 Å². The summed E-state index contributed by atoms with van der Waals surface area (Å²) in [5.74, 6) is 1.43. The first-order valence-electron chi connectivity index (χ1n) is 10.9. The van der Waals surface area contributed by atoms with Gasteiger partial charge in [-0.2, -0.15) is 4.68 Å². The maximum atomic E-state index is 13.2. The van der Waals surface area contributed by atoms with Crippen molar-refractivity contribution in [3.05, 3.63) is 70.8 Å². The number of nitrogens with zero attached hydrogens (tertiary/aromatic N) is 3. The molecule has 170 valence electrons. The number of anilines is 2. The molecular weight excluding hydrogens is 427 g/mol. The van der Waals surface area contributed by atoms with Crippen molar-refractivity contribution in [1.29, 1.82) is 0 Å². The predicted octanol–water partition coefficient (Wildman–Crippen LogP) is 3.00. The van der Waals surface area contributed by atoms with Gasteiger partial charge in [0.2, 0.25) is 5.91 Å². The average molecular weight is 450 g/mol. The molecule has 0 unspecified atom stereocenters. The van der Waals surface area contributed by atoms with Crippen LogP contribution in [0.2, 0.25) is 0 Å². The minimum atomic E-state index is -0.375. The van der Waals surface area contributed by atoms with Crippen molar-refractivity contribution in [3.8, 4) is 17.2 Å². The van der Waals surface area contributed by atoms with E-state index < -0.39 is 0 Å². The fourth-order valence-electron chi connectivity index (χ4n) is 4.07. The molecule has 9 heteroatoms. The number of carbonyl (C=O) groups is 1. The summed E-state index contributed by atoms with van der Waals surface area (Å²) in [6.07, 6.45) is 1.32. The van der Waals surface area contributed by atoms with Gasteiger partial charge in [0.05, 0.1) is 5.69 Å². The molecule has 0 spiro atoms. The second kappa shape index (κ2) is 8.93. The smallest absolute Gasteiger partial charge is 0.271 e. The summed E-state index contributed by atoms with van der Waals surface area (Å²) >= 11 is 0. The van der Waals surface area contributed by atoms with E-state index in [-0.39, 0.29) is 23.2 Å². The van der Waals surface area contributed by atoms with E-state index in [1.807, 2.05) is 11.0 Å². The van der Waals surface area contributed by atoms with Gasteiger partial charge >= 0.3 is 0 Å². The van der Waals surface area contributed by atoms with E-state index in [4.69, 9.17) is 9.47 Å². The third kappa shape index (κ3) is 4.52. The number of fused-ring (bicyclic) bond motifs is 1. The van der Waals surface area contributed by atoms with Gasteiger partial charge in [0.1, 0.15) is 24.8 Å². The monoisotopic (exact) mass is 450 g/mol. The summed E-state index contributed by atoms with van der Waals surface area (Å²) in [4.78, 5) is 27.1. The molecule has 0 atom stereocenters. The molecule has 1 saturated heterocycles. The molecule has 1 aromatic heterocycles. The molecule has 1 amide bonds. The Balaban J connectivity index is 1.23. The quantitative estimate of drug-likeness (QED) is 0.658. The van der Waals surface area contributed by atoms with Crippen molar-refractivity contribution in [2.45, 2.75) is 12.8 Å². The number of piperidine rings is 1. The number of ether oxygens (including phenoxy) is 2. The molecule has 1 N–H and O–H groups in total. The Morgan fingerprint density at radius 1 is 0.970 bits per heavy atom. The van der Waals surface area contributed by atoms with E-state index in [0.29, 0.717) is 67.8 Å². The Hall–Kier alpha value is -3.88. The van der Waals surface area contributed by atoms with E-state index in [1.165, 1.54) is 35.0 Å². The molecule has 2 aromatic carbocycles. The molecule has 3 heterocycles. The maximum Gasteiger partial charge on any atom is 0.271 e. The molecule has 1 fully saturated rings. The number of benzene rings is 2. The van der Waals surface area contributed by atoms with Gasteiger partial charge in [-0.25, -0.2) is 4.39 Å². The Morgan fingerprint density at radius 3 is 2.45 bits per heavy atom. The van der Waals surface area contributed by atoms with Gasteiger partial charge in [0.25, 0.3) is 5.56 Å². The third-order valence-electron chi connectivity index (χ3n) is 5.86. The van der Waals surface area contributed by atoms with Crippen molar-refractivity contribution < 1.29 is 18.7 Å². The van der Waals surface area contributed by atoms with Gasteiger partial charge < -0.3 is 19.7 Å². The van der Waals surface area contributed by atoms with E-state index >= 15 is 0 Å². The van der Waals surface area contributed by atoms with Gasteiger partial charge in [-0.1, -0.05) is 0 Å². The van der Waals surface area contributed by atoms with Gasteiger partial charge in [-0.3, -0.25) is 9.59 Å². The molecule has 2 aliphatic rings. The van der Waals surface area contributed by atoms with Crippen LogP contribution in [0.4, 0.5) is 15.9 Å². The molecule has 0 bridgehead atoms. The summed E-state index contributed by atoms with van der Waals surface area (Å²) < 4.78 is 25.6. The van der Waals surface area contributed by atoms with E-state index in [9.17, 15) is 14.0 Å². The molecule has 3 aromatic rings. The number of nitrogens with one attached hydrogen (secondary N) is 1. The molecule has 0 saturated carbocycles. The fraction of sp³-hybridized carbons (Fsp3) is 0.292. The molecular formula is C24H23FN4O4. The van der Waals surface area contributed by atoms with Crippen molar-refractivity contribution in [3.63, 3.8) is 0 Å². The summed E-state index contributed by atoms with van der Waals surface area (Å²) in [5, 5.41) is 7.43. The number of rotatable bonds is 4. The van der Waals surface area contributed by atoms with Crippen LogP contribution in [0.5, 0.6) is 11.5 Å². The third-order valence-corrected chi connectivity index (χ3v) is 5.86. The van der Waals surface area contributed by atoms with Crippen LogP contribution in [0, 0.1) is 11.7 Å². The minimum absolute atomic E-state index is 0.0319. The number of aromatic nitrogens is 2. The molecule has 2 aliphatic heterocycles. The van der Waals surface area contributed by atoms with Crippen LogP contribution in [-0.4, -0.2) is 42.0 Å². The molecule has 5 rings (SSSR count). The first-order valence-corrected chi connectivity index (χ1v) is 10.9. The second-order valence-electron chi connectivity index (χ2n) is 8.03. The zero-order chi connectivity index (χ0) is 22.8. The van der Waals surface area contributed by atoms with Crippen molar-refractivity contribution in [2.75, 3.05) is 36.5 Å². The summed E-state index contributed by atoms with van der Waals surface area (Å²) in [5.41, 5.74) is 0.885. The van der Waals surface area contributed by atoms with Gasteiger partial charge in [-0.05, 0) is 55.3 Å². The first kappa shape index (κ1) is 21.0. The maximum absolute atomic E-state index is 13.2. The Morgan fingerprint density at radius 2 is 1.70 bits per heavy atom. The minimum Gasteiger partial charge on any atom is -0.486 e. The molecule has 0 radical (unpaired) electrons. The summed E-state index contributed by atoms with van der Waals surface area (Å²) in [7, 11) is 0. The number of hydrogen-bond donors (Lipinski definition) is 1. The zero-order valence-electron chi connectivity index (χ0n) is 17.9. The highest BCUT2D eigenvalue weighted by Gasteiger charge is 2.26. The number of hydrogen-bond acceptors (Lipinski definition) is 6. The van der Waals surface area contributed by atoms with Gasteiger partial charge in [0.15, 0.2) is 11.5 Å². The van der Waals surface area contributed by atoms with Crippen LogP contribution in [-0.2, 0) is 4.79 Å². The second-order valence-corrected chi connectivity index (χ2v) is 8.03. The topological polar surface area (TPSA) is 85.7 Å². The van der Waals surface area contributed by atoms with Crippen molar-refractivity contribution in [2.24, 2.45) is 5.92 Å². The zero-order valence-corrected chi connectivity index (χ0v) is 17.9. The summed E-state index contributed by atoms with van der Waals surface area (Å²) in [6, 6.07) is 14.1. The predicted molar refractivity (Wildman–Crippen MR) is 121 cm³/mol. The lowest BCUT2D eigenvalue weighted by molar-refractivity contribution is -0.120. The lowest BCUT2D eigenvalue weighted by Gasteiger charge is -2.32. The standard InChI is InChI=1S/C24H23FN4O4/c25-17-1-4-19(5-2-17)29-23(30)8-7-22(27-29)28-11-9-16(10-12-28)24(31)26-18-3-6-20-21(15-18)33-14-13-32-20/h1-8,15-16H,9-14H2,(H,26,31). The van der Waals surface area contributed by atoms with Crippen LogP contribution >= 0.6 is 0 Å². The largest absolute Gasteiger partial charge is 0.486 e. The highest BCUT2D eigenvalue weighted by Crippen LogP contribution is 2.33. The fourth-order valence-corrected chi connectivity index (χ4v) is 4.07. The van der Waals surface area contributed by atoms with Crippen LogP contribution in [0.3, 0.4) is 0 Å². The number of halogens is 1. The van der Waals surface area contributed by atoms with Crippen LogP contribution in [0.15, 0.2) is 59.4 Å². The van der Waals surface area contributed by atoms with Crippen molar-refractivity contribution in [1.82, 2.24) is 9.78 Å². The molecule has 33 heavy (non-hydrogen) atoms. The normalized spacial score (nSPS) is 15.8. The Labute approximate surface area is 189 Å². The van der Waals surface area contributed by atoms with E-state index in [1.54, 1.807) is 18.2 Å². The van der Waals surface area contributed by atoms with Crippen LogP contribution < -0.4 is 25.2 Å². The van der Waals surface area contributed by atoms with Gasteiger partial charge in [0, 0.05) is 36.8 Å². The first-order chi connectivity index (χ1) is 16.1. The Bertz CT molecular complexity index is 1220. The number of amides is 1. The lowest BCUT2D eigenvalue weighted by atomic mass is 9.96. The van der Waals surface area contributed by atoms with Crippen LogP contribution in [0.1, 0.15) is 12.8 Å². The number of carbonyl (C=O) groups excluding carboxylic acids is 1. The van der Waals surface area contributed by atoms with E-state index in [2.05, 4.69) is 10.4 Å². The van der Waals surface area contributed by atoms with E-state index in [0.717, 1.165) is 0 Å². The molecule has 8 nitrogen and oxygen atoms in total. The van der Waals surface area contributed by atoms with Crippen molar-refractivity contribution >= 4 is 17.4 Å². The lowest BCUT2D eigenvalue weighted by Crippen LogP contribution is -2.39. The SMILES string of the molecule is O=C(Nc1ccc2c(c1)OCCO2)C1CCN(c2ccc(=O)n(-c3ccc(F)cc3)n2)CC1. The average Bonchev–Trinajstić information content (AvgIpc) is 2.85. The Kier molecular flexibility index (Phi) is 5.68. The van der Waals surface area contributed by atoms with Crippen LogP contribution in [0.25, 0.3) is 5.69 Å². The highest BCUT2D eigenvalue weighted by atomic mass is 19.1.